The lowest BCUT2D eigenvalue weighted by atomic mass is 9.93. The highest BCUT2D eigenvalue weighted by Crippen LogP contribution is 2.34. The number of ether oxygens (including phenoxy) is 2. The molecule has 1 fully saturated rings. The zero-order valence-electron chi connectivity index (χ0n) is 15.6. The molecule has 1 aliphatic carbocycles. The Morgan fingerprint density at radius 2 is 1.93 bits per heavy atom. The molecule has 0 spiro atoms. The lowest BCUT2D eigenvalue weighted by molar-refractivity contribution is -0.138. The summed E-state index contributed by atoms with van der Waals surface area (Å²) in [5.41, 5.74) is 0.745. The number of aromatic nitrogens is 3. The summed E-state index contributed by atoms with van der Waals surface area (Å²) >= 11 is 0. The van der Waals surface area contributed by atoms with Crippen molar-refractivity contribution in [3.8, 4) is 17.2 Å². The van der Waals surface area contributed by atoms with Crippen molar-refractivity contribution in [3.05, 3.63) is 29.6 Å². The first-order valence-electron chi connectivity index (χ1n) is 9.34. The molecule has 28 heavy (non-hydrogen) atoms. The molecule has 0 unspecified atom stereocenters. The maximum Gasteiger partial charge on any atom is 0.305 e. The fourth-order valence-electron chi connectivity index (χ4n) is 3.94. The first-order valence-corrected chi connectivity index (χ1v) is 9.34. The molecule has 1 aromatic carbocycles. The van der Waals surface area contributed by atoms with E-state index < -0.39 is 17.4 Å². The maximum atomic E-state index is 12.8. The molecule has 1 aromatic heterocycles. The van der Waals surface area contributed by atoms with E-state index >= 15 is 0 Å². The summed E-state index contributed by atoms with van der Waals surface area (Å²) in [6.07, 6.45) is 3.02. The van der Waals surface area contributed by atoms with Crippen LogP contribution < -0.4 is 14.8 Å². The summed E-state index contributed by atoms with van der Waals surface area (Å²) in [5.74, 6) is -0.0260. The third kappa shape index (κ3) is 3.39. The molecule has 0 radical (unpaired) electrons. The van der Waals surface area contributed by atoms with Crippen molar-refractivity contribution in [1.82, 2.24) is 20.3 Å². The van der Waals surface area contributed by atoms with Crippen LogP contribution in [-0.4, -0.2) is 50.7 Å². The fourth-order valence-corrected chi connectivity index (χ4v) is 3.94. The monoisotopic (exact) mass is 386 g/mol. The number of fused-ring (bicyclic) bond motifs is 1. The SMILES string of the molecule is Cc1c(C(=O)NC2(CC(=O)O)CCCC2)nnn1-c1ccc2c(c1)OCCO2. The van der Waals surface area contributed by atoms with Crippen LogP contribution in [0.25, 0.3) is 5.69 Å². The number of hydrogen-bond donors (Lipinski definition) is 2. The van der Waals surface area contributed by atoms with Gasteiger partial charge in [-0.2, -0.15) is 0 Å². The Bertz CT molecular complexity index is 917. The number of carboxylic acids is 1. The van der Waals surface area contributed by atoms with Crippen LogP contribution in [0.2, 0.25) is 0 Å². The number of rotatable bonds is 5. The van der Waals surface area contributed by atoms with E-state index in [2.05, 4.69) is 15.6 Å². The highest BCUT2D eigenvalue weighted by molar-refractivity contribution is 5.94. The quantitative estimate of drug-likeness (QED) is 0.806. The van der Waals surface area contributed by atoms with Crippen LogP contribution in [0.3, 0.4) is 0 Å². The van der Waals surface area contributed by atoms with Crippen LogP contribution in [0.5, 0.6) is 11.5 Å². The van der Waals surface area contributed by atoms with Crippen molar-refractivity contribution in [1.29, 1.82) is 0 Å². The number of aliphatic carboxylic acids is 1. The Labute approximate surface area is 161 Å². The number of nitrogens with one attached hydrogen (secondary N) is 1. The van der Waals surface area contributed by atoms with Crippen LogP contribution in [0.1, 0.15) is 48.3 Å². The van der Waals surface area contributed by atoms with Gasteiger partial charge in [-0.1, -0.05) is 18.1 Å². The Balaban J connectivity index is 1.58. The van der Waals surface area contributed by atoms with Crippen molar-refractivity contribution in [2.45, 2.75) is 44.6 Å². The van der Waals surface area contributed by atoms with E-state index in [1.165, 1.54) is 0 Å². The normalized spacial score (nSPS) is 17.3. The highest BCUT2D eigenvalue weighted by Gasteiger charge is 2.38. The second-order valence-electron chi connectivity index (χ2n) is 7.28. The van der Waals surface area contributed by atoms with E-state index in [1.54, 1.807) is 23.7 Å². The lowest BCUT2D eigenvalue weighted by Gasteiger charge is -2.28. The first kappa shape index (κ1) is 18.3. The fraction of sp³-hybridized carbons (Fsp3) is 0.474. The standard InChI is InChI=1S/C19H22N4O5/c1-12-17(18(26)20-19(11-16(24)25)6-2-3-7-19)21-22-23(12)13-4-5-14-15(10-13)28-9-8-27-14/h4-5,10H,2-3,6-9,11H2,1H3,(H,20,26)(H,24,25). The zero-order chi connectivity index (χ0) is 19.7. The number of carbonyl (C=O) groups excluding carboxylic acids is 1. The molecule has 1 saturated carbocycles. The molecule has 9 nitrogen and oxygen atoms in total. The van der Waals surface area contributed by atoms with Gasteiger partial charge in [-0.05, 0) is 31.9 Å². The van der Waals surface area contributed by atoms with Crippen LogP contribution in [0.4, 0.5) is 0 Å². The van der Waals surface area contributed by atoms with E-state index in [0.717, 1.165) is 12.8 Å². The van der Waals surface area contributed by atoms with E-state index in [4.69, 9.17) is 9.47 Å². The largest absolute Gasteiger partial charge is 0.486 e. The minimum Gasteiger partial charge on any atom is -0.486 e. The Kier molecular flexibility index (Phi) is 4.66. The van der Waals surface area contributed by atoms with E-state index in [-0.39, 0.29) is 12.1 Å². The topological polar surface area (TPSA) is 116 Å². The molecular formula is C19H22N4O5. The smallest absolute Gasteiger partial charge is 0.305 e. The van der Waals surface area contributed by atoms with Crippen molar-refractivity contribution in [2.24, 2.45) is 0 Å². The van der Waals surface area contributed by atoms with Gasteiger partial charge in [0.1, 0.15) is 13.2 Å². The van der Waals surface area contributed by atoms with Crippen LogP contribution in [0.15, 0.2) is 18.2 Å². The molecule has 2 aliphatic rings. The van der Waals surface area contributed by atoms with Crippen LogP contribution >= 0.6 is 0 Å². The molecule has 148 valence electrons. The summed E-state index contributed by atoms with van der Waals surface area (Å²) < 4.78 is 12.7. The summed E-state index contributed by atoms with van der Waals surface area (Å²) in [5, 5.41) is 20.3. The second kappa shape index (κ2) is 7.14. The van der Waals surface area contributed by atoms with Gasteiger partial charge in [0.15, 0.2) is 17.2 Å². The van der Waals surface area contributed by atoms with Gasteiger partial charge in [0.25, 0.3) is 5.91 Å². The second-order valence-corrected chi connectivity index (χ2v) is 7.28. The third-order valence-electron chi connectivity index (χ3n) is 5.31. The number of carboxylic acid groups (broad SMARTS) is 1. The molecule has 0 bridgehead atoms. The van der Waals surface area contributed by atoms with Crippen molar-refractivity contribution < 1.29 is 24.2 Å². The molecular weight excluding hydrogens is 364 g/mol. The molecule has 2 N–H and O–H groups in total. The van der Waals surface area contributed by atoms with Gasteiger partial charge < -0.3 is 19.9 Å². The number of benzene rings is 1. The number of amides is 1. The highest BCUT2D eigenvalue weighted by atomic mass is 16.6. The minimum absolute atomic E-state index is 0.0892. The predicted molar refractivity (Wildman–Crippen MR) is 98.0 cm³/mol. The molecule has 4 rings (SSSR count). The van der Waals surface area contributed by atoms with E-state index in [0.29, 0.717) is 48.9 Å². The van der Waals surface area contributed by atoms with Gasteiger partial charge >= 0.3 is 5.97 Å². The molecule has 0 atom stereocenters. The Hall–Kier alpha value is -3.10. The zero-order valence-corrected chi connectivity index (χ0v) is 15.6. The average Bonchev–Trinajstić information content (AvgIpc) is 3.27. The van der Waals surface area contributed by atoms with Gasteiger partial charge in [0, 0.05) is 6.07 Å². The van der Waals surface area contributed by atoms with E-state index in [1.807, 2.05) is 6.07 Å². The van der Waals surface area contributed by atoms with E-state index in [9.17, 15) is 14.7 Å². The summed E-state index contributed by atoms with van der Waals surface area (Å²) in [7, 11) is 0. The van der Waals surface area contributed by atoms with Gasteiger partial charge in [0.05, 0.1) is 23.3 Å². The van der Waals surface area contributed by atoms with Crippen molar-refractivity contribution in [2.75, 3.05) is 13.2 Å². The molecule has 2 heterocycles. The summed E-state index contributed by atoms with van der Waals surface area (Å²) in [6.45, 7) is 2.74. The number of nitrogens with zero attached hydrogens (tertiary/aromatic N) is 3. The first-order chi connectivity index (χ1) is 13.5. The number of hydrogen-bond acceptors (Lipinski definition) is 6. The molecule has 1 amide bonds. The minimum atomic E-state index is -0.918. The molecule has 9 heteroatoms. The van der Waals surface area contributed by atoms with Crippen molar-refractivity contribution in [3.63, 3.8) is 0 Å². The van der Waals surface area contributed by atoms with Gasteiger partial charge in [0.2, 0.25) is 0 Å². The van der Waals surface area contributed by atoms with Crippen molar-refractivity contribution >= 4 is 11.9 Å². The average molecular weight is 386 g/mol. The van der Waals surface area contributed by atoms with Gasteiger partial charge in [-0.3, -0.25) is 9.59 Å². The maximum absolute atomic E-state index is 12.8. The Morgan fingerprint density at radius 1 is 1.21 bits per heavy atom. The summed E-state index contributed by atoms with van der Waals surface area (Å²) in [4.78, 5) is 24.1. The molecule has 2 aromatic rings. The number of carbonyl (C=O) groups is 2. The third-order valence-corrected chi connectivity index (χ3v) is 5.31. The van der Waals surface area contributed by atoms with Gasteiger partial charge in [-0.25, -0.2) is 4.68 Å². The lowest BCUT2D eigenvalue weighted by Crippen LogP contribution is -2.48. The van der Waals surface area contributed by atoms with Crippen LogP contribution in [0, 0.1) is 6.92 Å². The Morgan fingerprint density at radius 3 is 2.64 bits per heavy atom. The molecule has 0 saturated heterocycles. The molecule has 1 aliphatic heterocycles. The van der Waals surface area contributed by atoms with Crippen LogP contribution in [-0.2, 0) is 4.79 Å². The van der Waals surface area contributed by atoms with Gasteiger partial charge in [-0.15, -0.1) is 5.10 Å². The summed E-state index contributed by atoms with van der Waals surface area (Å²) in [6, 6.07) is 5.41. The predicted octanol–water partition coefficient (Wildman–Crippen LogP) is 1.86.